The fourth-order valence-electron chi connectivity index (χ4n) is 1.02. The fraction of sp³-hybridized carbons (Fsp3) is 0.455. The Balaban J connectivity index is 2.48. The van der Waals surface area contributed by atoms with E-state index in [1.54, 1.807) is 24.5 Å². The first-order chi connectivity index (χ1) is 7.41. The molecule has 1 rings (SSSR count). The largest absolute Gasteiger partial charge is 0.460 e. The average molecular weight is 224 g/mol. The van der Waals surface area contributed by atoms with Gasteiger partial charge in [0.1, 0.15) is 12.6 Å². The third-order valence-electron chi connectivity index (χ3n) is 2.12. The van der Waals surface area contributed by atoms with Crippen molar-refractivity contribution in [2.75, 3.05) is 0 Å². The topological polar surface area (TPSA) is 85.4 Å². The Morgan fingerprint density at radius 2 is 2.38 bits per heavy atom. The van der Waals surface area contributed by atoms with Gasteiger partial charge >= 0.3 is 5.97 Å². The third kappa shape index (κ3) is 3.60. The zero-order valence-electron chi connectivity index (χ0n) is 9.38. The van der Waals surface area contributed by atoms with Gasteiger partial charge in [-0.15, -0.1) is 0 Å². The van der Waals surface area contributed by atoms with Gasteiger partial charge in [-0.2, -0.15) is 0 Å². The molecule has 0 saturated carbocycles. The van der Waals surface area contributed by atoms with Crippen molar-refractivity contribution in [1.29, 1.82) is 0 Å². The van der Waals surface area contributed by atoms with E-state index in [9.17, 15) is 9.90 Å². The van der Waals surface area contributed by atoms with Crippen LogP contribution in [0.2, 0.25) is 0 Å². The normalized spacial score (nSPS) is 13.2. The van der Waals surface area contributed by atoms with Crippen LogP contribution in [-0.2, 0) is 16.1 Å². The first-order valence-corrected chi connectivity index (χ1v) is 4.95. The lowest BCUT2D eigenvalue weighted by Gasteiger charge is -2.23. The van der Waals surface area contributed by atoms with Crippen LogP contribution in [0.3, 0.4) is 0 Å². The monoisotopic (exact) mass is 224 g/mol. The highest BCUT2D eigenvalue weighted by Gasteiger charge is 2.30. The van der Waals surface area contributed by atoms with Crippen molar-refractivity contribution in [3.8, 4) is 0 Å². The van der Waals surface area contributed by atoms with Crippen LogP contribution in [0.25, 0.3) is 0 Å². The summed E-state index contributed by atoms with van der Waals surface area (Å²) in [6, 6.07) is 2.48. The smallest absolute Gasteiger partial charge is 0.326 e. The number of carbonyl (C=O) groups is 1. The maximum absolute atomic E-state index is 11.4. The minimum absolute atomic E-state index is 0.108. The first kappa shape index (κ1) is 12.6. The van der Waals surface area contributed by atoms with Crippen molar-refractivity contribution >= 4 is 5.97 Å². The minimum Gasteiger partial charge on any atom is -0.460 e. The molecule has 3 N–H and O–H groups in total. The van der Waals surface area contributed by atoms with Crippen LogP contribution in [0.1, 0.15) is 19.4 Å². The van der Waals surface area contributed by atoms with Crippen LogP contribution < -0.4 is 5.73 Å². The van der Waals surface area contributed by atoms with Crippen LogP contribution in [-0.4, -0.2) is 27.7 Å². The molecule has 0 aliphatic carbocycles. The molecule has 1 unspecified atom stereocenters. The lowest BCUT2D eigenvalue weighted by molar-refractivity contribution is -0.152. The van der Waals surface area contributed by atoms with E-state index in [-0.39, 0.29) is 6.61 Å². The molecule has 1 heterocycles. The third-order valence-corrected chi connectivity index (χ3v) is 2.12. The van der Waals surface area contributed by atoms with Crippen molar-refractivity contribution in [3.63, 3.8) is 0 Å². The van der Waals surface area contributed by atoms with E-state index >= 15 is 0 Å². The molecule has 0 aliphatic heterocycles. The summed E-state index contributed by atoms with van der Waals surface area (Å²) in [5.74, 6) is -0.628. The number of esters is 1. The molecule has 1 aromatic heterocycles. The Morgan fingerprint density at radius 1 is 1.69 bits per heavy atom. The molecule has 88 valence electrons. The quantitative estimate of drug-likeness (QED) is 0.715. The van der Waals surface area contributed by atoms with Crippen molar-refractivity contribution in [3.05, 3.63) is 30.1 Å². The highest BCUT2D eigenvalue weighted by molar-refractivity contribution is 5.76. The fourth-order valence-corrected chi connectivity index (χ4v) is 1.02. The van der Waals surface area contributed by atoms with Gasteiger partial charge in [0, 0.05) is 18.0 Å². The molecule has 0 aromatic carbocycles. The second-order valence-corrected chi connectivity index (χ2v) is 4.10. The Morgan fingerprint density at radius 3 is 2.88 bits per heavy atom. The molecule has 0 aliphatic rings. The number of rotatable bonds is 4. The number of nitrogens with zero attached hydrogens (tertiary/aromatic N) is 1. The molecule has 0 bridgehead atoms. The van der Waals surface area contributed by atoms with Gasteiger partial charge in [0.05, 0.1) is 5.60 Å². The highest BCUT2D eigenvalue weighted by Crippen LogP contribution is 2.08. The minimum atomic E-state index is -1.29. The van der Waals surface area contributed by atoms with Gasteiger partial charge in [-0.25, -0.2) is 0 Å². The summed E-state index contributed by atoms with van der Waals surface area (Å²) >= 11 is 0. The van der Waals surface area contributed by atoms with Crippen LogP contribution in [0.15, 0.2) is 24.5 Å². The molecule has 1 atom stereocenters. The van der Waals surface area contributed by atoms with Crippen LogP contribution in [0.5, 0.6) is 0 Å². The Labute approximate surface area is 94.2 Å². The number of pyridine rings is 1. The second-order valence-electron chi connectivity index (χ2n) is 4.10. The Hall–Kier alpha value is -1.46. The van der Waals surface area contributed by atoms with Gasteiger partial charge < -0.3 is 15.6 Å². The maximum atomic E-state index is 11.4. The molecule has 16 heavy (non-hydrogen) atoms. The van der Waals surface area contributed by atoms with Crippen LogP contribution >= 0.6 is 0 Å². The van der Waals surface area contributed by atoms with Crippen LogP contribution in [0, 0.1) is 0 Å². The predicted octanol–water partition coefficient (Wildman–Crippen LogP) is 0.223. The number of hydrogen-bond acceptors (Lipinski definition) is 5. The Kier molecular flexibility index (Phi) is 3.98. The standard InChI is InChI=1S/C11H16N2O3/c1-11(2,15)9(12)10(14)16-7-8-4-3-5-13-6-8/h3-6,9,15H,7,12H2,1-2H3. The molecular formula is C11H16N2O3. The van der Waals surface area contributed by atoms with Gasteiger partial charge in [0.2, 0.25) is 0 Å². The number of ether oxygens (including phenoxy) is 1. The Bertz CT molecular complexity index is 346. The summed E-state index contributed by atoms with van der Waals surface area (Å²) in [4.78, 5) is 15.3. The van der Waals surface area contributed by atoms with Gasteiger partial charge in [-0.3, -0.25) is 9.78 Å². The molecule has 1 aromatic rings. The molecular weight excluding hydrogens is 208 g/mol. The molecule has 5 heteroatoms. The SMILES string of the molecule is CC(C)(O)C(N)C(=O)OCc1cccnc1. The van der Waals surface area contributed by atoms with Crippen molar-refractivity contribution in [1.82, 2.24) is 4.98 Å². The summed E-state index contributed by atoms with van der Waals surface area (Å²) in [5, 5.41) is 9.52. The van der Waals surface area contributed by atoms with Gasteiger partial charge in [-0.1, -0.05) is 6.07 Å². The summed E-state index contributed by atoms with van der Waals surface area (Å²) < 4.78 is 4.95. The molecule has 0 radical (unpaired) electrons. The van der Waals surface area contributed by atoms with E-state index in [1.165, 1.54) is 13.8 Å². The number of aromatic nitrogens is 1. The van der Waals surface area contributed by atoms with E-state index in [1.807, 2.05) is 0 Å². The molecule has 0 amide bonds. The molecule has 5 nitrogen and oxygen atoms in total. The summed E-state index contributed by atoms with van der Waals surface area (Å²) in [5.41, 5.74) is 5.01. The lowest BCUT2D eigenvalue weighted by atomic mass is 10.0. The van der Waals surface area contributed by atoms with E-state index < -0.39 is 17.6 Å². The molecule has 0 saturated heterocycles. The average Bonchev–Trinajstić information content (AvgIpc) is 2.25. The van der Waals surface area contributed by atoms with Gasteiger partial charge in [0.15, 0.2) is 0 Å². The highest BCUT2D eigenvalue weighted by atomic mass is 16.5. The zero-order chi connectivity index (χ0) is 12.2. The van der Waals surface area contributed by atoms with Gasteiger partial charge in [0.25, 0.3) is 0 Å². The van der Waals surface area contributed by atoms with Crippen molar-refractivity contribution < 1.29 is 14.6 Å². The van der Waals surface area contributed by atoms with Crippen molar-refractivity contribution in [2.24, 2.45) is 5.73 Å². The molecule has 0 fully saturated rings. The van der Waals surface area contributed by atoms with E-state index in [0.29, 0.717) is 0 Å². The number of aliphatic hydroxyl groups is 1. The van der Waals surface area contributed by atoms with E-state index in [2.05, 4.69) is 4.98 Å². The van der Waals surface area contributed by atoms with Gasteiger partial charge in [-0.05, 0) is 19.9 Å². The second kappa shape index (κ2) is 5.05. The summed E-state index contributed by atoms with van der Waals surface area (Å²) in [7, 11) is 0. The predicted molar refractivity (Wildman–Crippen MR) is 58.3 cm³/mol. The van der Waals surface area contributed by atoms with E-state index in [0.717, 1.165) is 5.56 Å². The van der Waals surface area contributed by atoms with Crippen molar-refractivity contribution in [2.45, 2.75) is 32.1 Å². The van der Waals surface area contributed by atoms with E-state index in [4.69, 9.17) is 10.5 Å². The molecule has 0 spiro atoms. The first-order valence-electron chi connectivity index (χ1n) is 4.95. The summed E-state index contributed by atoms with van der Waals surface area (Å²) in [6.45, 7) is 3.03. The maximum Gasteiger partial charge on any atom is 0.326 e. The number of carbonyl (C=O) groups excluding carboxylic acids is 1. The summed E-state index contributed by atoms with van der Waals surface area (Å²) in [6.07, 6.45) is 3.23. The van der Waals surface area contributed by atoms with Crippen LogP contribution in [0.4, 0.5) is 0 Å². The number of nitrogens with two attached hydrogens (primary N) is 1. The zero-order valence-corrected chi connectivity index (χ0v) is 9.38. The number of hydrogen-bond donors (Lipinski definition) is 2. The lowest BCUT2D eigenvalue weighted by Crippen LogP contribution is -2.49.